The van der Waals surface area contributed by atoms with Gasteiger partial charge in [-0.15, -0.1) is 0 Å². The standard InChI is InChI=1S/C20H22F2N2O2/c21-16-8-4-9-17(22)19(16)20(25)23-10-5-11-24-12-13-26-18(14-24)15-6-2-1-3-7-15/h1-4,6-9,18H,5,10-14H2,(H,23,25)/t18-/m0/s1. The molecule has 1 amide bonds. The molecule has 0 spiro atoms. The van der Waals surface area contributed by atoms with E-state index in [0.717, 1.165) is 37.3 Å². The summed E-state index contributed by atoms with van der Waals surface area (Å²) in [6.45, 7) is 3.43. The molecule has 0 aromatic heterocycles. The van der Waals surface area contributed by atoms with Gasteiger partial charge < -0.3 is 10.1 Å². The average molecular weight is 360 g/mol. The quantitative estimate of drug-likeness (QED) is 0.805. The van der Waals surface area contributed by atoms with Crippen molar-refractivity contribution in [2.75, 3.05) is 32.8 Å². The van der Waals surface area contributed by atoms with E-state index in [-0.39, 0.29) is 6.10 Å². The fourth-order valence-electron chi connectivity index (χ4n) is 3.08. The molecular formula is C20H22F2N2O2. The number of nitrogens with zero attached hydrogens (tertiary/aromatic N) is 1. The van der Waals surface area contributed by atoms with E-state index in [1.54, 1.807) is 0 Å². The van der Waals surface area contributed by atoms with E-state index in [4.69, 9.17) is 4.74 Å². The van der Waals surface area contributed by atoms with Gasteiger partial charge in [0.05, 0.1) is 12.7 Å². The molecule has 0 bridgehead atoms. The molecule has 1 heterocycles. The Balaban J connectivity index is 1.44. The summed E-state index contributed by atoms with van der Waals surface area (Å²) in [6.07, 6.45) is 0.746. The Morgan fingerprint density at radius 3 is 2.58 bits per heavy atom. The number of carbonyl (C=O) groups excluding carboxylic acids is 1. The summed E-state index contributed by atoms with van der Waals surface area (Å²) >= 11 is 0. The smallest absolute Gasteiger partial charge is 0.257 e. The Bertz CT molecular complexity index is 720. The van der Waals surface area contributed by atoms with E-state index in [9.17, 15) is 13.6 Å². The number of nitrogens with one attached hydrogen (secondary N) is 1. The number of hydrogen-bond donors (Lipinski definition) is 1. The topological polar surface area (TPSA) is 41.6 Å². The van der Waals surface area contributed by atoms with E-state index in [1.807, 2.05) is 18.2 Å². The molecule has 0 aliphatic carbocycles. The number of hydrogen-bond acceptors (Lipinski definition) is 3. The van der Waals surface area contributed by atoms with Crippen molar-refractivity contribution in [1.29, 1.82) is 0 Å². The van der Waals surface area contributed by atoms with Crippen LogP contribution in [0.3, 0.4) is 0 Å². The van der Waals surface area contributed by atoms with E-state index in [1.165, 1.54) is 6.07 Å². The van der Waals surface area contributed by atoms with Crippen molar-refractivity contribution in [3.8, 4) is 0 Å². The number of rotatable bonds is 6. The van der Waals surface area contributed by atoms with Crippen molar-refractivity contribution < 1.29 is 18.3 Å². The van der Waals surface area contributed by atoms with Crippen LogP contribution in [0.25, 0.3) is 0 Å². The molecule has 0 saturated carbocycles. The molecule has 0 radical (unpaired) electrons. The highest BCUT2D eigenvalue weighted by Crippen LogP contribution is 2.21. The van der Waals surface area contributed by atoms with Gasteiger partial charge in [-0.2, -0.15) is 0 Å². The number of halogens is 2. The van der Waals surface area contributed by atoms with Crippen LogP contribution in [0.15, 0.2) is 48.5 Å². The molecule has 26 heavy (non-hydrogen) atoms. The maximum Gasteiger partial charge on any atom is 0.257 e. The fraction of sp³-hybridized carbons (Fsp3) is 0.350. The highest BCUT2D eigenvalue weighted by molar-refractivity contribution is 5.94. The van der Waals surface area contributed by atoms with Crippen molar-refractivity contribution in [3.63, 3.8) is 0 Å². The normalized spacial score (nSPS) is 17.8. The van der Waals surface area contributed by atoms with E-state index >= 15 is 0 Å². The largest absolute Gasteiger partial charge is 0.371 e. The molecular weight excluding hydrogens is 338 g/mol. The molecule has 3 rings (SSSR count). The first-order valence-electron chi connectivity index (χ1n) is 8.76. The van der Waals surface area contributed by atoms with Crippen LogP contribution in [0.1, 0.15) is 28.4 Å². The molecule has 1 saturated heterocycles. The SMILES string of the molecule is O=C(NCCCN1CCO[C@H](c2ccccc2)C1)c1c(F)cccc1F. The summed E-state index contributed by atoms with van der Waals surface area (Å²) in [6, 6.07) is 13.5. The van der Waals surface area contributed by atoms with Crippen molar-refractivity contribution >= 4 is 5.91 Å². The van der Waals surface area contributed by atoms with Gasteiger partial charge in [-0.05, 0) is 24.1 Å². The summed E-state index contributed by atoms with van der Waals surface area (Å²) in [5.41, 5.74) is 0.628. The minimum atomic E-state index is -0.846. The lowest BCUT2D eigenvalue weighted by atomic mass is 10.1. The molecule has 138 valence electrons. The summed E-state index contributed by atoms with van der Waals surface area (Å²) in [7, 11) is 0. The van der Waals surface area contributed by atoms with Gasteiger partial charge in [-0.25, -0.2) is 8.78 Å². The number of carbonyl (C=O) groups is 1. The molecule has 2 aromatic carbocycles. The van der Waals surface area contributed by atoms with Crippen LogP contribution < -0.4 is 5.32 Å². The number of benzene rings is 2. The van der Waals surface area contributed by atoms with Gasteiger partial charge in [-0.3, -0.25) is 9.69 Å². The van der Waals surface area contributed by atoms with Crippen LogP contribution in [0.5, 0.6) is 0 Å². The maximum atomic E-state index is 13.6. The van der Waals surface area contributed by atoms with Gasteiger partial charge in [0.2, 0.25) is 0 Å². The second-order valence-electron chi connectivity index (χ2n) is 6.28. The highest BCUT2D eigenvalue weighted by Gasteiger charge is 2.21. The molecule has 2 aromatic rings. The maximum absolute atomic E-state index is 13.6. The summed E-state index contributed by atoms with van der Waals surface area (Å²) in [4.78, 5) is 14.2. The third-order valence-corrected chi connectivity index (χ3v) is 4.45. The predicted molar refractivity (Wildman–Crippen MR) is 94.9 cm³/mol. The lowest BCUT2D eigenvalue weighted by Gasteiger charge is -2.33. The van der Waals surface area contributed by atoms with Crippen LogP contribution in [0, 0.1) is 11.6 Å². The van der Waals surface area contributed by atoms with Crippen molar-refractivity contribution in [2.24, 2.45) is 0 Å². The van der Waals surface area contributed by atoms with Gasteiger partial charge in [0.25, 0.3) is 5.91 Å². The molecule has 1 atom stereocenters. The lowest BCUT2D eigenvalue weighted by molar-refractivity contribution is -0.0301. The van der Waals surface area contributed by atoms with Crippen LogP contribution >= 0.6 is 0 Å². The van der Waals surface area contributed by atoms with Gasteiger partial charge in [0.1, 0.15) is 17.2 Å². The average Bonchev–Trinajstić information content (AvgIpc) is 2.66. The molecule has 1 N–H and O–H groups in total. The number of amides is 1. The van der Waals surface area contributed by atoms with Crippen LogP contribution in [-0.2, 0) is 4.74 Å². The Hall–Kier alpha value is -2.31. The lowest BCUT2D eigenvalue weighted by Crippen LogP contribution is -2.40. The summed E-state index contributed by atoms with van der Waals surface area (Å²) in [5.74, 6) is -2.41. The van der Waals surface area contributed by atoms with Crippen LogP contribution in [-0.4, -0.2) is 43.6 Å². The minimum absolute atomic E-state index is 0.0482. The predicted octanol–water partition coefficient (Wildman–Crippen LogP) is 3.16. The number of morpholine rings is 1. The summed E-state index contributed by atoms with van der Waals surface area (Å²) < 4.78 is 33.0. The molecule has 1 fully saturated rings. The Morgan fingerprint density at radius 1 is 1.12 bits per heavy atom. The zero-order chi connectivity index (χ0) is 18.4. The zero-order valence-electron chi connectivity index (χ0n) is 14.5. The second kappa shape index (κ2) is 8.87. The third kappa shape index (κ3) is 4.65. The van der Waals surface area contributed by atoms with Crippen molar-refractivity contribution in [3.05, 3.63) is 71.3 Å². The summed E-state index contributed by atoms with van der Waals surface area (Å²) in [5, 5.41) is 2.59. The first kappa shape index (κ1) is 18.5. The van der Waals surface area contributed by atoms with E-state index < -0.39 is 23.1 Å². The minimum Gasteiger partial charge on any atom is -0.371 e. The van der Waals surface area contributed by atoms with Crippen molar-refractivity contribution in [2.45, 2.75) is 12.5 Å². The zero-order valence-corrected chi connectivity index (χ0v) is 14.5. The monoisotopic (exact) mass is 360 g/mol. The van der Waals surface area contributed by atoms with Gasteiger partial charge in [0.15, 0.2) is 0 Å². The van der Waals surface area contributed by atoms with Crippen LogP contribution in [0.2, 0.25) is 0 Å². The molecule has 4 nitrogen and oxygen atoms in total. The molecule has 1 aliphatic heterocycles. The first-order chi connectivity index (χ1) is 12.6. The molecule has 6 heteroatoms. The Morgan fingerprint density at radius 2 is 1.85 bits per heavy atom. The highest BCUT2D eigenvalue weighted by atomic mass is 19.1. The van der Waals surface area contributed by atoms with Crippen LogP contribution in [0.4, 0.5) is 8.78 Å². The fourth-order valence-corrected chi connectivity index (χ4v) is 3.08. The van der Waals surface area contributed by atoms with E-state index in [2.05, 4.69) is 22.3 Å². The first-order valence-corrected chi connectivity index (χ1v) is 8.76. The van der Waals surface area contributed by atoms with Gasteiger partial charge in [-0.1, -0.05) is 36.4 Å². The number of ether oxygens (including phenoxy) is 1. The molecule has 1 aliphatic rings. The Labute approximate surface area is 151 Å². The van der Waals surface area contributed by atoms with Gasteiger partial charge in [0, 0.05) is 26.2 Å². The van der Waals surface area contributed by atoms with E-state index in [0.29, 0.717) is 19.6 Å². The third-order valence-electron chi connectivity index (χ3n) is 4.45. The Kier molecular flexibility index (Phi) is 6.30. The molecule has 0 unspecified atom stereocenters. The van der Waals surface area contributed by atoms with Crippen molar-refractivity contribution in [1.82, 2.24) is 10.2 Å². The van der Waals surface area contributed by atoms with Gasteiger partial charge >= 0.3 is 0 Å². The second-order valence-corrected chi connectivity index (χ2v) is 6.28.